The van der Waals surface area contributed by atoms with Crippen molar-refractivity contribution >= 4 is 0 Å². The van der Waals surface area contributed by atoms with E-state index in [2.05, 4.69) is 24.3 Å². The van der Waals surface area contributed by atoms with Crippen molar-refractivity contribution in [3.63, 3.8) is 0 Å². The monoisotopic (exact) mass is 144 g/mol. The SMILES string of the molecule is CO[C@H]1CNC[C@@H]1N(C)C. The largest absolute Gasteiger partial charge is 0.378 e. The van der Waals surface area contributed by atoms with Crippen LogP contribution in [0.5, 0.6) is 0 Å². The first-order valence-corrected chi connectivity index (χ1v) is 3.65. The van der Waals surface area contributed by atoms with E-state index in [0.717, 1.165) is 13.1 Å². The van der Waals surface area contributed by atoms with E-state index in [-0.39, 0.29) is 0 Å². The minimum absolute atomic E-state index is 0.370. The maximum atomic E-state index is 5.28. The second kappa shape index (κ2) is 3.32. The van der Waals surface area contributed by atoms with Gasteiger partial charge in [0.25, 0.3) is 0 Å². The van der Waals surface area contributed by atoms with Crippen LogP contribution in [0, 0.1) is 0 Å². The fourth-order valence-electron chi connectivity index (χ4n) is 1.40. The molecule has 0 bridgehead atoms. The zero-order chi connectivity index (χ0) is 7.56. The van der Waals surface area contributed by atoms with Crippen LogP contribution in [-0.4, -0.2) is 51.3 Å². The number of methoxy groups -OCH3 is 1. The number of hydrogen-bond donors (Lipinski definition) is 1. The summed E-state index contributed by atoms with van der Waals surface area (Å²) in [6, 6.07) is 0.546. The van der Waals surface area contributed by atoms with Gasteiger partial charge in [0.2, 0.25) is 0 Å². The molecule has 2 atom stereocenters. The highest BCUT2D eigenvalue weighted by molar-refractivity contribution is 4.87. The molecule has 1 saturated heterocycles. The third-order valence-electron chi connectivity index (χ3n) is 2.09. The quantitative estimate of drug-likeness (QED) is 0.567. The first kappa shape index (κ1) is 7.98. The molecule has 0 spiro atoms. The highest BCUT2D eigenvalue weighted by Gasteiger charge is 2.27. The highest BCUT2D eigenvalue weighted by atomic mass is 16.5. The summed E-state index contributed by atoms with van der Waals surface area (Å²) in [6.45, 7) is 2.03. The van der Waals surface area contributed by atoms with Gasteiger partial charge in [-0.1, -0.05) is 0 Å². The van der Waals surface area contributed by atoms with E-state index in [4.69, 9.17) is 4.74 Å². The zero-order valence-electron chi connectivity index (χ0n) is 6.92. The molecule has 60 valence electrons. The van der Waals surface area contributed by atoms with E-state index in [1.54, 1.807) is 7.11 Å². The Hall–Kier alpha value is -0.120. The molecular weight excluding hydrogens is 128 g/mol. The van der Waals surface area contributed by atoms with E-state index in [9.17, 15) is 0 Å². The Labute approximate surface area is 62.3 Å². The number of ether oxygens (including phenoxy) is 1. The zero-order valence-corrected chi connectivity index (χ0v) is 6.92. The van der Waals surface area contributed by atoms with Gasteiger partial charge in [0.1, 0.15) is 0 Å². The topological polar surface area (TPSA) is 24.5 Å². The standard InChI is InChI=1S/C7H16N2O/c1-9(2)6-4-8-5-7(6)10-3/h6-8H,4-5H2,1-3H3/t6-,7-/m0/s1. The van der Waals surface area contributed by atoms with E-state index in [0.29, 0.717) is 12.1 Å². The van der Waals surface area contributed by atoms with Crippen LogP contribution >= 0.6 is 0 Å². The third-order valence-corrected chi connectivity index (χ3v) is 2.09. The summed E-state index contributed by atoms with van der Waals surface area (Å²) in [7, 11) is 5.95. The highest BCUT2D eigenvalue weighted by Crippen LogP contribution is 2.07. The summed E-state index contributed by atoms with van der Waals surface area (Å²) in [5.74, 6) is 0. The van der Waals surface area contributed by atoms with Gasteiger partial charge in [0.15, 0.2) is 0 Å². The summed E-state index contributed by atoms with van der Waals surface area (Å²) in [5, 5.41) is 3.29. The average molecular weight is 144 g/mol. The molecule has 0 unspecified atom stereocenters. The Bertz CT molecular complexity index is 106. The van der Waals surface area contributed by atoms with E-state index < -0.39 is 0 Å². The fourth-order valence-corrected chi connectivity index (χ4v) is 1.40. The second-order valence-electron chi connectivity index (χ2n) is 2.96. The van der Waals surface area contributed by atoms with Crippen molar-refractivity contribution in [1.29, 1.82) is 0 Å². The molecule has 3 heteroatoms. The van der Waals surface area contributed by atoms with Gasteiger partial charge in [-0.25, -0.2) is 0 Å². The summed E-state index contributed by atoms with van der Waals surface area (Å²) < 4.78 is 5.28. The van der Waals surface area contributed by atoms with Crippen molar-refractivity contribution < 1.29 is 4.74 Å². The van der Waals surface area contributed by atoms with Crippen molar-refractivity contribution in [3.05, 3.63) is 0 Å². The van der Waals surface area contributed by atoms with E-state index in [1.165, 1.54) is 0 Å². The molecule has 0 amide bonds. The number of hydrogen-bond acceptors (Lipinski definition) is 3. The fraction of sp³-hybridized carbons (Fsp3) is 1.00. The lowest BCUT2D eigenvalue weighted by atomic mass is 10.2. The summed E-state index contributed by atoms with van der Waals surface area (Å²) in [6.07, 6.45) is 0.370. The first-order valence-electron chi connectivity index (χ1n) is 3.65. The smallest absolute Gasteiger partial charge is 0.0862 e. The Morgan fingerprint density at radius 2 is 2.10 bits per heavy atom. The molecule has 1 rings (SSSR count). The predicted octanol–water partition coefficient (Wildman–Crippen LogP) is -0.465. The summed E-state index contributed by atoms with van der Waals surface area (Å²) in [4.78, 5) is 2.20. The van der Waals surface area contributed by atoms with Gasteiger partial charge < -0.3 is 15.0 Å². The Morgan fingerprint density at radius 1 is 1.40 bits per heavy atom. The van der Waals surface area contributed by atoms with Gasteiger partial charge >= 0.3 is 0 Å². The molecule has 3 nitrogen and oxygen atoms in total. The Morgan fingerprint density at radius 3 is 2.50 bits per heavy atom. The molecule has 1 N–H and O–H groups in total. The van der Waals surface area contributed by atoms with E-state index >= 15 is 0 Å². The lowest BCUT2D eigenvalue weighted by molar-refractivity contribution is 0.0636. The maximum absolute atomic E-state index is 5.28. The molecule has 0 saturated carbocycles. The lowest BCUT2D eigenvalue weighted by Gasteiger charge is -2.23. The molecule has 0 radical (unpaired) electrons. The van der Waals surface area contributed by atoms with Crippen LogP contribution in [0.4, 0.5) is 0 Å². The molecule has 0 aliphatic carbocycles. The van der Waals surface area contributed by atoms with Crippen LogP contribution in [0.1, 0.15) is 0 Å². The van der Waals surface area contributed by atoms with Gasteiger partial charge in [-0.2, -0.15) is 0 Å². The molecule has 1 aliphatic rings. The van der Waals surface area contributed by atoms with Gasteiger partial charge in [-0.3, -0.25) is 0 Å². The third kappa shape index (κ3) is 1.48. The summed E-state index contributed by atoms with van der Waals surface area (Å²) in [5.41, 5.74) is 0. The molecule has 10 heavy (non-hydrogen) atoms. The van der Waals surface area contributed by atoms with E-state index in [1.807, 2.05) is 0 Å². The van der Waals surface area contributed by atoms with Crippen molar-refractivity contribution in [2.24, 2.45) is 0 Å². The van der Waals surface area contributed by atoms with Crippen molar-refractivity contribution in [1.82, 2.24) is 10.2 Å². The van der Waals surface area contributed by atoms with Crippen LogP contribution in [0.15, 0.2) is 0 Å². The van der Waals surface area contributed by atoms with Crippen molar-refractivity contribution in [2.75, 3.05) is 34.3 Å². The minimum atomic E-state index is 0.370. The van der Waals surface area contributed by atoms with Gasteiger partial charge in [-0.15, -0.1) is 0 Å². The molecule has 1 fully saturated rings. The number of nitrogens with zero attached hydrogens (tertiary/aromatic N) is 1. The van der Waals surface area contributed by atoms with Gasteiger partial charge in [-0.05, 0) is 14.1 Å². The average Bonchev–Trinajstić information content (AvgIpc) is 2.33. The number of likely N-dealkylation sites (N-methyl/N-ethyl adjacent to an activating group) is 1. The number of nitrogens with one attached hydrogen (secondary N) is 1. The Balaban J connectivity index is 2.42. The van der Waals surface area contributed by atoms with Crippen LogP contribution in [0.2, 0.25) is 0 Å². The molecule has 0 aromatic heterocycles. The van der Waals surface area contributed by atoms with Crippen LogP contribution in [0.3, 0.4) is 0 Å². The molecule has 1 heterocycles. The van der Waals surface area contributed by atoms with Crippen molar-refractivity contribution in [2.45, 2.75) is 12.1 Å². The van der Waals surface area contributed by atoms with Gasteiger partial charge in [0.05, 0.1) is 6.10 Å². The Kier molecular flexibility index (Phi) is 2.65. The molecular formula is C7H16N2O. The normalized spacial score (nSPS) is 33.6. The van der Waals surface area contributed by atoms with Crippen LogP contribution < -0.4 is 5.32 Å². The maximum Gasteiger partial charge on any atom is 0.0862 e. The van der Waals surface area contributed by atoms with Crippen molar-refractivity contribution in [3.8, 4) is 0 Å². The first-order chi connectivity index (χ1) is 4.75. The molecule has 0 aromatic carbocycles. The predicted molar refractivity (Wildman–Crippen MR) is 41.1 cm³/mol. The summed E-state index contributed by atoms with van der Waals surface area (Å²) >= 11 is 0. The van der Waals surface area contributed by atoms with Crippen LogP contribution in [0.25, 0.3) is 0 Å². The van der Waals surface area contributed by atoms with Crippen LogP contribution in [-0.2, 0) is 4.74 Å². The number of rotatable bonds is 2. The lowest BCUT2D eigenvalue weighted by Crippen LogP contribution is -2.38. The molecule has 0 aromatic rings. The minimum Gasteiger partial charge on any atom is -0.378 e. The second-order valence-corrected chi connectivity index (χ2v) is 2.96. The van der Waals surface area contributed by atoms with Gasteiger partial charge in [0, 0.05) is 26.2 Å². The molecule has 1 aliphatic heterocycles.